The van der Waals surface area contributed by atoms with Gasteiger partial charge in [0, 0.05) is 12.3 Å². The second kappa shape index (κ2) is 9.72. The number of hydrogen-bond donors (Lipinski definition) is 1. The molecule has 0 saturated heterocycles. The summed E-state index contributed by atoms with van der Waals surface area (Å²) in [6, 6.07) is 16.0. The number of aromatic hydroxyl groups is 1. The first-order chi connectivity index (χ1) is 11.1. The van der Waals surface area contributed by atoms with Crippen molar-refractivity contribution in [3.05, 3.63) is 76.1 Å². The van der Waals surface area contributed by atoms with Gasteiger partial charge in [-0.05, 0) is 24.6 Å². The minimum atomic E-state index is -0.615. The molecule has 4 nitrogen and oxygen atoms in total. The summed E-state index contributed by atoms with van der Waals surface area (Å²) in [4.78, 5) is 24.1. The Morgan fingerprint density at radius 2 is 1.68 bits per heavy atom. The Kier molecular flexibility index (Phi) is 8.61. The van der Waals surface area contributed by atoms with Crippen molar-refractivity contribution in [2.45, 2.75) is 19.3 Å². The number of hydrogen-bond acceptors (Lipinski definition) is 4. The molecule has 0 bridgehead atoms. The number of benzene rings is 2. The van der Waals surface area contributed by atoms with E-state index >= 15 is 0 Å². The van der Waals surface area contributed by atoms with E-state index in [1.807, 2.05) is 30.3 Å². The van der Waals surface area contributed by atoms with Gasteiger partial charge in [-0.2, -0.15) is 0 Å². The smallest absolute Gasteiger partial charge is 1.00 e. The summed E-state index contributed by atoms with van der Waals surface area (Å²) in [5.41, 5.74) is 0.635. The van der Waals surface area contributed by atoms with Gasteiger partial charge in [0.1, 0.15) is 17.1 Å². The number of para-hydroxylation sites is 1. The third kappa shape index (κ3) is 4.85. The third-order valence-corrected chi connectivity index (χ3v) is 3.86. The van der Waals surface area contributed by atoms with Crippen LogP contribution in [0.2, 0.25) is 0 Å². The van der Waals surface area contributed by atoms with Gasteiger partial charge in [-0.1, -0.05) is 42.5 Å². The molecule has 1 atom stereocenters. The van der Waals surface area contributed by atoms with E-state index in [0.717, 1.165) is 5.56 Å². The number of Topliss-reactive ketones (excluding diaryl/α,β-unsaturated/α-hetero) is 1. The third-order valence-electron chi connectivity index (χ3n) is 3.86. The first kappa shape index (κ1) is 22.2. The molecule has 25 heavy (non-hydrogen) atoms. The van der Waals surface area contributed by atoms with Gasteiger partial charge >= 0.3 is 64.7 Å². The van der Waals surface area contributed by atoms with E-state index < -0.39 is 11.5 Å². The second-order valence-electron chi connectivity index (χ2n) is 5.52. The Bertz CT molecular complexity index is 930. The predicted molar refractivity (Wildman–Crippen MR) is 90.0 cm³/mol. The molecule has 6 heteroatoms. The van der Waals surface area contributed by atoms with Crippen LogP contribution in [0.25, 0.3) is 11.0 Å². The minimum Gasteiger partial charge on any atom is -1.00 e. The molecule has 1 aromatic heterocycles. The molecule has 0 saturated carbocycles. The topological polar surface area (TPSA) is 67.5 Å². The Hall–Kier alpha value is -0.880. The van der Waals surface area contributed by atoms with Crippen molar-refractivity contribution in [2.24, 2.45) is 0 Å². The Balaban J connectivity index is 0. The summed E-state index contributed by atoms with van der Waals surface area (Å²) in [6.45, 7) is 1.47. The Labute approximate surface area is 192 Å². The molecule has 0 fully saturated rings. The molecule has 0 spiro atoms. The molecule has 3 rings (SSSR count). The van der Waals surface area contributed by atoms with Gasteiger partial charge in [0.15, 0.2) is 0 Å². The molecule has 0 aliphatic carbocycles. The average molecular weight is 356 g/mol. The maximum atomic E-state index is 12.4. The van der Waals surface area contributed by atoms with Crippen molar-refractivity contribution in [2.75, 3.05) is 0 Å². The van der Waals surface area contributed by atoms with Gasteiger partial charge in [0.25, 0.3) is 0 Å². The van der Waals surface area contributed by atoms with Gasteiger partial charge in [-0.15, -0.1) is 0 Å². The standard InChI is InChI=1S/C19H16O4.2Na.2H/c1-12(20)11-15(13-7-3-2-4-8-13)17-18(21)14-9-5-6-10-16(14)23-19(17)22;;;;/h2-10,15,21H,11H2,1H3;;;;/q;2*+1;2*-1. The van der Waals surface area contributed by atoms with E-state index in [4.69, 9.17) is 4.42 Å². The van der Waals surface area contributed by atoms with Crippen LogP contribution in [0.5, 0.6) is 5.75 Å². The zero-order chi connectivity index (χ0) is 16.4. The predicted octanol–water partition coefficient (Wildman–Crippen LogP) is -2.16. The van der Waals surface area contributed by atoms with Crippen molar-refractivity contribution in [3.8, 4) is 5.75 Å². The van der Waals surface area contributed by atoms with Crippen LogP contribution < -0.4 is 64.7 Å². The van der Waals surface area contributed by atoms with Crippen molar-refractivity contribution >= 4 is 16.8 Å². The zero-order valence-corrected chi connectivity index (χ0v) is 18.7. The van der Waals surface area contributed by atoms with Crippen LogP contribution in [0.4, 0.5) is 0 Å². The first-order valence-corrected chi connectivity index (χ1v) is 7.37. The minimum absolute atomic E-state index is 0. The van der Waals surface area contributed by atoms with Gasteiger partial charge in [0.2, 0.25) is 0 Å². The molecular formula is C19H18Na2O4. The maximum Gasteiger partial charge on any atom is 1.00 e. The van der Waals surface area contributed by atoms with Crippen LogP contribution in [0.3, 0.4) is 0 Å². The molecule has 3 aromatic rings. The van der Waals surface area contributed by atoms with Crippen LogP contribution in [0.1, 0.15) is 33.2 Å². The number of ketones is 1. The number of carbonyl (C=O) groups is 1. The molecule has 1 heterocycles. The fourth-order valence-electron chi connectivity index (χ4n) is 2.81. The normalized spacial score (nSPS) is 11.2. The molecule has 2 aromatic carbocycles. The fourth-order valence-corrected chi connectivity index (χ4v) is 2.81. The van der Waals surface area contributed by atoms with E-state index in [0.29, 0.717) is 11.0 Å². The zero-order valence-electron chi connectivity index (χ0n) is 16.7. The van der Waals surface area contributed by atoms with Crippen LogP contribution in [0.15, 0.2) is 63.8 Å². The summed E-state index contributed by atoms with van der Waals surface area (Å²) < 4.78 is 5.33. The van der Waals surface area contributed by atoms with Gasteiger partial charge < -0.3 is 12.4 Å². The molecule has 120 valence electrons. The van der Waals surface area contributed by atoms with Crippen LogP contribution in [-0.4, -0.2) is 10.9 Å². The van der Waals surface area contributed by atoms with E-state index in [-0.39, 0.29) is 85.5 Å². The fraction of sp³-hybridized carbons (Fsp3) is 0.158. The summed E-state index contributed by atoms with van der Waals surface area (Å²) in [5, 5.41) is 11.1. The maximum absolute atomic E-state index is 12.4. The number of rotatable bonds is 4. The largest absolute Gasteiger partial charge is 1.00 e. The van der Waals surface area contributed by atoms with E-state index in [1.165, 1.54) is 6.92 Å². The van der Waals surface area contributed by atoms with Crippen LogP contribution in [0, 0.1) is 0 Å². The number of fused-ring (bicyclic) bond motifs is 1. The van der Waals surface area contributed by atoms with Crippen molar-refractivity contribution in [1.82, 2.24) is 0 Å². The van der Waals surface area contributed by atoms with Crippen molar-refractivity contribution in [3.63, 3.8) is 0 Å². The van der Waals surface area contributed by atoms with Gasteiger partial charge in [-0.25, -0.2) is 4.79 Å². The second-order valence-corrected chi connectivity index (χ2v) is 5.52. The Morgan fingerprint density at radius 1 is 1.08 bits per heavy atom. The SMILES string of the molecule is CC(=O)CC(c1ccccc1)c1c(O)c2ccccc2oc1=O.[H-].[H-].[Na+].[Na+]. The molecule has 0 aliphatic rings. The molecule has 0 amide bonds. The summed E-state index contributed by atoms with van der Waals surface area (Å²) >= 11 is 0. The van der Waals surface area contributed by atoms with E-state index in [1.54, 1.807) is 24.3 Å². The van der Waals surface area contributed by atoms with E-state index in [2.05, 4.69) is 0 Å². The van der Waals surface area contributed by atoms with Crippen LogP contribution in [-0.2, 0) is 4.79 Å². The molecule has 0 radical (unpaired) electrons. The molecule has 1 N–H and O–H groups in total. The average Bonchev–Trinajstić information content (AvgIpc) is 2.54. The first-order valence-electron chi connectivity index (χ1n) is 7.37. The summed E-state index contributed by atoms with van der Waals surface area (Å²) in [7, 11) is 0. The van der Waals surface area contributed by atoms with Gasteiger partial charge in [-0.3, -0.25) is 4.79 Å². The number of carbonyl (C=O) groups excluding carboxylic acids is 1. The summed E-state index contributed by atoms with van der Waals surface area (Å²) in [5.74, 6) is -0.715. The molecule has 0 aliphatic heterocycles. The summed E-state index contributed by atoms with van der Waals surface area (Å²) in [6.07, 6.45) is 0.126. The Morgan fingerprint density at radius 3 is 2.32 bits per heavy atom. The molecule has 1 unspecified atom stereocenters. The van der Waals surface area contributed by atoms with Crippen molar-refractivity contribution in [1.29, 1.82) is 0 Å². The molecular weight excluding hydrogens is 338 g/mol. The monoisotopic (exact) mass is 356 g/mol. The quantitative estimate of drug-likeness (QED) is 0.427. The van der Waals surface area contributed by atoms with E-state index in [9.17, 15) is 14.7 Å². The van der Waals surface area contributed by atoms with Crippen LogP contribution >= 0.6 is 0 Å². The van der Waals surface area contributed by atoms with Crippen molar-refractivity contribution < 1.29 is 76.3 Å². The van der Waals surface area contributed by atoms with Gasteiger partial charge in [0.05, 0.1) is 10.9 Å².